The number of aryl methyl sites for hydroxylation is 1. The zero-order valence-corrected chi connectivity index (χ0v) is 20.1. The SMILES string of the molecule is COc1ccc(/C(O)=C2\C(=O)C(=O)N(C3CCCC3)C2c2cn(C)c3ccccc23)cc1Br. The van der Waals surface area contributed by atoms with Gasteiger partial charge in [0.25, 0.3) is 11.7 Å². The van der Waals surface area contributed by atoms with E-state index in [9.17, 15) is 14.7 Å². The Balaban J connectivity index is 1.74. The van der Waals surface area contributed by atoms with Crippen LogP contribution in [0.4, 0.5) is 0 Å². The monoisotopic (exact) mass is 508 g/mol. The first-order valence-corrected chi connectivity index (χ1v) is 11.9. The van der Waals surface area contributed by atoms with Crippen molar-refractivity contribution in [2.75, 3.05) is 7.11 Å². The Bertz CT molecular complexity index is 1300. The molecule has 7 heteroatoms. The zero-order valence-electron chi connectivity index (χ0n) is 18.5. The average molecular weight is 509 g/mol. The largest absolute Gasteiger partial charge is 0.507 e. The number of rotatable bonds is 4. The van der Waals surface area contributed by atoms with Gasteiger partial charge >= 0.3 is 0 Å². The molecular formula is C26H25BrN2O4. The minimum Gasteiger partial charge on any atom is -0.507 e. The molecule has 0 bridgehead atoms. The number of halogens is 1. The van der Waals surface area contributed by atoms with E-state index in [1.807, 2.05) is 42.1 Å². The predicted octanol–water partition coefficient (Wildman–Crippen LogP) is 5.31. The molecule has 2 aromatic carbocycles. The van der Waals surface area contributed by atoms with Gasteiger partial charge in [0.15, 0.2) is 0 Å². The molecule has 1 atom stereocenters. The van der Waals surface area contributed by atoms with Crippen LogP contribution in [-0.4, -0.2) is 39.4 Å². The van der Waals surface area contributed by atoms with Crippen molar-refractivity contribution in [1.29, 1.82) is 0 Å². The van der Waals surface area contributed by atoms with Gasteiger partial charge in [0.05, 0.1) is 23.2 Å². The first-order chi connectivity index (χ1) is 15.9. The number of methoxy groups -OCH3 is 1. The molecule has 1 N–H and O–H groups in total. The number of carbonyl (C=O) groups excluding carboxylic acids is 2. The Labute approximate surface area is 200 Å². The molecule has 1 saturated heterocycles. The number of Topliss-reactive ketones (excluding diaryl/α,β-unsaturated/α-hetero) is 1. The summed E-state index contributed by atoms with van der Waals surface area (Å²) in [6.45, 7) is 0. The standard InChI is InChI=1S/C26H25BrN2O4/c1-28-14-18(17-9-5-6-10-20(17)28)23-22(24(30)15-11-12-21(33-2)19(27)13-15)25(31)26(32)29(23)16-7-3-4-8-16/h5-6,9-14,16,23,30H,3-4,7-8H2,1-2H3/b24-22+. The highest BCUT2D eigenvalue weighted by atomic mass is 79.9. The van der Waals surface area contributed by atoms with Gasteiger partial charge in [-0.15, -0.1) is 0 Å². The first kappa shape index (κ1) is 21.8. The zero-order chi connectivity index (χ0) is 23.3. The second kappa shape index (κ2) is 8.37. The van der Waals surface area contributed by atoms with Gasteiger partial charge in [-0.1, -0.05) is 31.0 Å². The van der Waals surface area contributed by atoms with Crippen LogP contribution in [0.3, 0.4) is 0 Å². The van der Waals surface area contributed by atoms with E-state index in [2.05, 4.69) is 15.9 Å². The van der Waals surface area contributed by atoms with E-state index in [1.54, 1.807) is 30.2 Å². The van der Waals surface area contributed by atoms with Crippen molar-refractivity contribution in [3.05, 3.63) is 69.8 Å². The molecule has 6 nitrogen and oxygen atoms in total. The highest BCUT2D eigenvalue weighted by Crippen LogP contribution is 2.46. The van der Waals surface area contributed by atoms with E-state index in [0.717, 1.165) is 42.1 Å². The van der Waals surface area contributed by atoms with Gasteiger partial charge in [0, 0.05) is 41.3 Å². The molecule has 0 radical (unpaired) electrons. The lowest BCUT2D eigenvalue weighted by Crippen LogP contribution is -2.37. The summed E-state index contributed by atoms with van der Waals surface area (Å²) in [4.78, 5) is 28.4. The molecule has 1 saturated carbocycles. The maximum atomic E-state index is 13.4. The lowest BCUT2D eigenvalue weighted by molar-refractivity contribution is -0.141. The van der Waals surface area contributed by atoms with Gasteiger partial charge in [0.2, 0.25) is 0 Å². The van der Waals surface area contributed by atoms with E-state index < -0.39 is 17.7 Å². The fourth-order valence-electron chi connectivity index (χ4n) is 5.27. The number of hydrogen-bond donors (Lipinski definition) is 1. The van der Waals surface area contributed by atoms with E-state index >= 15 is 0 Å². The summed E-state index contributed by atoms with van der Waals surface area (Å²) in [6.07, 6.45) is 5.76. The number of hydrogen-bond acceptors (Lipinski definition) is 4. The molecule has 1 aliphatic heterocycles. The van der Waals surface area contributed by atoms with Crippen LogP contribution in [0.2, 0.25) is 0 Å². The van der Waals surface area contributed by atoms with Crippen LogP contribution in [0.5, 0.6) is 5.75 Å². The van der Waals surface area contributed by atoms with E-state index in [4.69, 9.17) is 4.74 Å². The van der Waals surface area contributed by atoms with Crippen molar-refractivity contribution >= 4 is 44.3 Å². The average Bonchev–Trinajstić information content (AvgIpc) is 3.52. The van der Waals surface area contributed by atoms with Crippen LogP contribution in [-0.2, 0) is 16.6 Å². The van der Waals surface area contributed by atoms with Crippen LogP contribution in [0, 0.1) is 0 Å². The summed E-state index contributed by atoms with van der Waals surface area (Å²) >= 11 is 3.45. The number of fused-ring (bicyclic) bond motifs is 1. The number of aliphatic hydroxyl groups excluding tert-OH is 1. The normalized spacial score (nSPS) is 20.8. The summed E-state index contributed by atoms with van der Waals surface area (Å²) in [6, 6.07) is 12.4. The van der Waals surface area contributed by atoms with Crippen LogP contribution in [0.15, 0.2) is 58.7 Å². The molecule has 2 fully saturated rings. The van der Waals surface area contributed by atoms with E-state index in [-0.39, 0.29) is 17.4 Å². The number of aliphatic hydroxyl groups is 1. The van der Waals surface area contributed by atoms with Gasteiger partial charge in [-0.3, -0.25) is 9.59 Å². The smallest absolute Gasteiger partial charge is 0.295 e. The third kappa shape index (κ3) is 3.46. The number of para-hydroxylation sites is 1. The summed E-state index contributed by atoms with van der Waals surface area (Å²) in [5.41, 5.74) is 2.46. The molecular weight excluding hydrogens is 484 g/mol. The highest BCUT2D eigenvalue weighted by Gasteiger charge is 2.50. The molecule has 1 amide bonds. The number of likely N-dealkylation sites (tertiary alicyclic amines) is 1. The fourth-order valence-corrected chi connectivity index (χ4v) is 5.82. The Morgan fingerprint density at radius 2 is 1.85 bits per heavy atom. The van der Waals surface area contributed by atoms with Crippen molar-refractivity contribution in [3.8, 4) is 5.75 Å². The maximum absolute atomic E-state index is 13.4. The van der Waals surface area contributed by atoms with Gasteiger partial charge in [-0.2, -0.15) is 0 Å². The Morgan fingerprint density at radius 3 is 2.55 bits per heavy atom. The van der Waals surface area contributed by atoms with Crippen LogP contribution < -0.4 is 4.74 Å². The number of amides is 1. The summed E-state index contributed by atoms with van der Waals surface area (Å²) in [5.74, 6) is -0.725. The molecule has 1 unspecified atom stereocenters. The van der Waals surface area contributed by atoms with Crippen LogP contribution in [0.25, 0.3) is 16.7 Å². The quantitative estimate of drug-likeness (QED) is 0.294. The van der Waals surface area contributed by atoms with Crippen molar-refractivity contribution in [1.82, 2.24) is 9.47 Å². The number of benzene rings is 2. The molecule has 33 heavy (non-hydrogen) atoms. The number of ether oxygens (including phenoxy) is 1. The van der Waals surface area contributed by atoms with Crippen molar-refractivity contribution in [2.45, 2.75) is 37.8 Å². The lowest BCUT2D eigenvalue weighted by Gasteiger charge is -2.30. The van der Waals surface area contributed by atoms with Gasteiger partial charge in [-0.25, -0.2) is 0 Å². The number of ketones is 1. The molecule has 3 aromatic rings. The molecule has 170 valence electrons. The third-order valence-electron chi connectivity index (χ3n) is 6.85. The summed E-state index contributed by atoms with van der Waals surface area (Å²) in [7, 11) is 3.52. The molecule has 1 aliphatic carbocycles. The van der Waals surface area contributed by atoms with Gasteiger partial charge in [-0.05, 0) is 53.0 Å². The van der Waals surface area contributed by atoms with E-state index in [1.165, 1.54) is 0 Å². The van der Waals surface area contributed by atoms with Crippen molar-refractivity contribution < 1.29 is 19.4 Å². The number of nitrogens with zero attached hydrogens (tertiary/aromatic N) is 2. The molecule has 2 aliphatic rings. The Morgan fingerprint density at radius 1 is 1.12 bits per heavy atom. The minimum absolute atomic E-state index is 0.0154. The molecule has 5 rings (SSSR count). The summed E-state index contributed by atoms with van der Waals surface area (Å²) < 4.78 is 7.95. The highest BCUT2D eigenvalue weighted by molar-refractivity contribution is 9.10. The van der Waals surface area contributed by atoms with Crippen LogP contribution >= 0.6 is 15.9 Å². The fraction of sp³-hybridized carbons (Fsp3) is 0.308. The second-order valence-corrected chi connectivity index (χ2v) is 9.56. The molecule has 2 heterocycles. The number of aromatic nitrogens is 1. The minimum atomic E-state index is -0.639. The third-order valence-corrected chi connectivity index (χ3v) is 7.47. The lowest BCUT2D eigenvalue weighted by atomic mass is 9.94. The van der Waals surface area contributed by atoms with Crippen LogP contribution in [0.1, 0.15) is 42.9 Å². The van der Waals surface area contributed by atoms with E-state index in [0.29, 0.717) is 15.8 Å². The first-order valence-electron chi connectivity index (χ1n) is 11.1. The molecule has 1 aromatic heterocycles. The second-order valence-electron chi connectivity index (χ2n) is 8.71. The summed E-state index contributed by atoms with van der Waals surface area (Å²) in [5, 5.41) is 12.3. The Kier molecular flexibility index (Phi) is 5.52. The predicted molar refractivity (Wildman–Crippen MR) is 130 cm³/mol. The Hall–Kier alpha value is -3.06. The van der Waals surface area contributed by atoms with Crippen molar-refractivity contribution in [3.63, 3.8) is 0 Å². The van der Waals surface area contributed by atoms with Crippen molar-refractivity contribution in [2.24, 2.45) is 7.05 Å². The molecule has 0 spiro atoms. The topological polar surface area (TPSA) is 71.8 Å². The van der Waals surface area contributed by atoms with Gasteiger partial charge in [0.1, 0.15) is 11.5 Å². The number of carbonyl (C=O) groups is 2. The maximum Gasteiger partial charge on any atom is 0.295 e. The van der Waals surface area contributed by atoms with Gasteiger partial charge < -0.3 is 19.3 Å².